The summed E-state index contributed by atoms with van der Waals surface area (Å²) >= 11 is 0. The third-order valence-electron chi connectivity index (χ3n) is 1.86. The van der Waals surface area contributed by atoms with Crippen molar-refractivity contribution in [2.45, 2.75) is 18.6 Å². The number of rotatable bonds is 4. The summed E-state index contributed by atoms with van der Waals surface area (Å²) in [6.07, 6.45) is 0.315. The van der Waals surface area contributed by atoms with Crippen LogP contribution in [0.15, 0.2) is 12.3 Å². The first-order valence-electron chi connectivity index (χ1n) is 4.21. The number of nitrogens with two attached hydrogens (primary N) is 1. The van der Waals surface area contributed by atoms with E-state index in [0.717, 1.165) is 0 Å². The highest BCUT2D eigenvalue weighted by molar-refractivity contribution is 5.04. The van der Waals surface area contributed by atoms with Gasteiger partial charge >= 0.3 is 0 Å². The van der Waals surface area contributed by atoms with Crippen LogP contribution >= 0.6 is 0 Å². The number of aliphatic hydroxyl groups is 2. The summed E-state index contributed by atoms with van der Waals surface area (Å²) in [7, 11) is 1.76. The van der Waals surface area contributed by atoms with Crippen LogP contribution in [-0.4, -0.2) is 32.6 Å². The van der Waals surface area contributed by atoms with E-state index < -0.39 is 12.2 Å². The van der Waals surface area contributed by atoms with Gasteiger partial charge in [-0.2, -0.15) is 5.10 Å². The van der Waals surface area contributed by atoms with Gasteiger partial charge in [-0.05, 0) is 19.0 Å². The van der Waals surface area contributed by atoms with Crippen LogP contribution < -0.4 is 5.73 Å². The fraction of sp³-hybridized carbons (Fsp3) is 0.625. The van der Waals surface area contributed by atoms with Gasteiger partial charge in [0, 0.05) is 13.2 Å². The SMILES string of the molecule is Cn1ccc(C(O)C(O)CCN)n1. The number of hydrogen-bond donors (Lipinski definition) is 3. The lowest BCUT2D eigenvalue weighted by Crippen LogP contribution is -2.22. The summed E-state index contributed by atoms with van der Waals surface area (Å²) in [4.78, 5) is 0. The molecule has 0 aliphatic rings. The van der Waals surface area contributed by atoms with Gasteiger partial charge in [-0.25, -0.2) is 0 Å². The lowest BCUT2D eigenvalue weighted by Gasteiger charge is -2.14. The standard InChI is InChI=1S/C8H15N3O2/c1-11-5-3-6(10-11)8(13)7(12)2-4-9/h3,5,7-8,12-13H,2,4,9H2,1H3. The molecule has 13 heavy (non-hydrogen) atoms. The van der Waals surface area contributed by atoms with Gasteiger partial charge in [0.05, 0.1) is 11.8 Å². The third-order valence-corrected chi connectivity index (χ3v) is 1.86. The van der Waals surface area contributed by atoms with E-state index in [0.29, 0.717) is 18.7 Å². The summed E-state index contributed by atoms with van der Waals surface area (Å²) in [5.41, 5.74) is 5.73. The minimum atomic E-state index is -0.940. The minimum Gasteiger partial charge on any atom is -0.390 e. The van der Waals surface area contributed by atoms with Gasteiger partial charge < -0.3 is 15.9 Å². The van der Waals surface area contributed by atoms with Crippen molar-refractivity contribution in [3.8, 4) is 0 Å². The summed E-state index contributed by atoms with van der Waals surface area (Å²) in [6, 6.07) is 1.67. The molecule has 0 spiro atoms. The Kier molecular flexibility index (Phi) is 3.41. The lowest BCUT2D eigenvalue weighted by molar-refractivity contribution is 0.0122. The average Bonchev–Trinajstić information content (AvgIpc) is 2.51. The molecule has 5 nitrogen and oxygen atoms in total. The zero-order valence-corrected chi connectivity index (χ0v) is 7.59. The monoisotopic (exact) mass is 185 g/mol. The van der Waals surface area contributed by atoms with Gasteiger partial charge in [0.25, 0.3) is 0 Å². The molecule has 4 N–H and O–H groups in total. The predicted molar refractivity (Wildman–Crippen MR) is 47.8 cm³/mol. The fourth-order valence-electron chi connectivity index (χ4n) is 1.12. The molecule has 1 rings (SSSR count). The predicted octanol–water partition coefficient (Wildman–Crippen LogP) is -0.837. The first-order valence-corrected chi connectivity index (χ1v) is 4.21. The Morgan fingerprint density at radius 1 is 1.62 bits per heavy atom. The number of aromatic nitrogens is 2. The fourth-order valence-corrected chi connectivity index (χ4v) is 1.12. The molecule has 0 aliphatic heterocycles. The second kappa shape index (κ2) is 4.36. The highest BCUT2D eigenvalue weighted by Crippen LogP contribution is 2.15. The molecule has 0 bridgehead atoms. The molecule has 1 heterocycles. The van der Waals surface area contributed by atoms with E-state index in [4.69, 9.17) is 5.73 Å². The highest BCUT2D eigenvalue weighted by Gasteiger charge is 2.19. The van der Waals surface area contributed by atoms with E-state index in [2.05, 4.69) is 5.10 Å². The maximum Gasteiger partial charge on any atom is 0.124 e. The van der Waals surface area contributed by atoms with Crippen LogP contribution in [0.3, 0.4) is 0 Å². The quantitative estimate of drug-likeness (QED) is 0.571. The number of nitrogens with zero attached hydrogens (tertiary/aromatic N) is 2. The van der Waals surface area contributed by atoms with E-state index in [1.54, 1.807) is 24.0 Å². The maximum absolute atomic E-state index is 9.55. The van der Waals surface area contributed by atoms with Crippen molar-refractivity contribution in [2.24, 2.45) is 12.8 Å². The smallest absolute Gasteiger partial charge is 0.124 e. The Morgan fingerprint density at radius 2 is 2.31 bits per heavy atom. The molecule has 0 amide bonds. The number of hydrogen-bond acceptors (Lipinski definition) is 4. The van der Waals surface area contributed by atoms with Crippen molar-refractivity contribution >= 4 is 0 Å². The van der Waals surface area contributed by atoms with Crippen molar-refractivity contribution < 1.29 is 10.2 Å². The minimum absolute atomic E-state index is 0.352. The summed E-state index contributed by atoms with van der Waals surface area (Å²) < 4.78 is 1.58. The van der Waals surface area contributed by atoms with Crippen LogP contribution in [0.2, 0.25) is 0 Å². The van der Waals surface area contributed by atoms with Crippen LogP contribution in [0.1, 0.15) is 18.2 Å². The normalized spacial score (nSPS) is 15.7. The van der Waals surface area contributed by atoms with Crippen molar-refractivity contribution in [3.05, 3.63) is 18.0 Å². The Hall–Kier alpha value is -0.910. The second-order valence-corrected chi connectivity index (χ2v) is 3.00. The van der Waals surface area contributed by atoms with E-state index >= 15 is 0 Å². The molecular formula is C8H15N3O2. The Balaban J connectivity index is 2.61. The maximum atomic E-state index is 9.55. The summed E-state index contributed by atoms with van der Waals surface area (Å²) in [5.74, 6) is 0. The first kappa shape index (κ1) is 10.2. The van der Waals surface area contributed by atoms with Gasteiger partial charge in [-0.1, -0.05) is 0 Å². The molecule has 0 aromatic carbocycles. The Bertz CT molecular complexity index is 262. The number of aliphatic hydroxyl groups excluding tert-OH is 2. The molecular weight excluding hydrogens is 170 g/mol. The van der Waals surface area contributed by atoms with Gasteiger partial charge in [0.2, 0.25) is 0 Å². The Labute approximate surface area is 76.8 Å². The third kappa shape index (κ3) is 2.51. The second-order valence-electron chi connectivity index (χ2n) is 3.00. The van der Waals surface area contributed by atoms with Crippen molar-refractivity contribution in [1.29, 1.82) is 0 Å². The van der Waals surface area contributed by atoms with Crippen molar-refractivity contribution in [2.75, 3.05) is 6.54 Å². The molecule has 74 valence electrons. The number of aryl methyl sites for hydroxylation is 1. The topological polar surface area (TPSA) is 84.3 Å². The van der Waals surface area contributed by atoms with Crippen LogP contribution in [0.25, 0.3) is 0 Å². The molecule has 0 aliphatic carbocycles. The zero-order valence-electron chi connectivity index (χ0n) is 7.59. The van der Waals surface area contributed by atoms with E-state index in [1.807, 2.05) is 0 Å². The molecule has 0 saturated carbocycles. The van der Waals surface area contributed by atoms with Crippen molar-refractivity contribution in [1.82, 2.24) is 9.78 Å². The van der Waals surface area contributed by atoms with Crippen LogP contribution in [-0.2, 0) is 7.05 Å². The average molecular weight is 185 g/mol. The Morgan fingerprint density at radius 3 is 2.77 bits per heavy atom. The largest absolute Gasteiger partial charge is 0.390 e. The molecule has 2 unspecified atom stereocenters. The zero-order chi connectivity index (χ0) is 9.84. The molecule has 1 aromatic heterocycles. The highest BCUT2D eigenvalue weighted by atomic mass is 16.3. The van der Waals surface area contributed by atoms with Gasteiger partial charge in [0.15, 0.2) is 0 Å². The molecule has 0 fully saturated rings. The van der Waals surface area contributed by atoms with E-state index in [1.165, 1.54) is 0 Å². The molecule has 2 atom stereocenters. The van der Waals surface area contributed by atoms with Gasteiger partial charge in [-0.15, -0.1) is 0 Å². The van der Waals surface area contributed by atoms with Crippen LogP contribution in [0.4, 0.5) is 0 Å². The summed E-state index contributed by atoms with van der Waals surface area (Å²) in [6.45, 7) is 0.352. The lowest BCUT2D eigenvalue weighted by atomic mass is 10.1. The van der Waals surface area contributed by atoms with E-state index in [-0.39, 0.29) is 0 Å². The van der Waals surface area contributed by atoms with E-state index in [9.17, 15) is 10.2 Å². The van der Waals surface area contributed by atoms with Gasteiger partial charge in [0.1, 0.15) is 6.10 Å². The van der Waals surface area contributed by atoms with Gasteiger partial charge in [-0.3, -0.25) is 4.68 Å². The molecule has 5 heteroatoms. The van der Waals surface area contributed by atoms with Crippen molar-refractivity contribution in [3.63, 3.8) is 0 Å². The van der Waals surface area contributed by atoms with Crippen LogP contribution in [0, 0.1) is 0 Å². The molecule has 0 radical (unpaired) electrons. The summed E-state index contributed by atoms with van der Waals surface area (Å²) in [5, 5.41) is 22.9. The first-order chi connectivity index (χ1) is 6.15. The molecule has 0 saturated heterocycles. The van der Waals surface area contributed by atoms with Crippen LogP contribution in [0.5, 0.6) is 0 Å². The molecule has 1 aromatic rings.